The van der Waals surface area contributed by atoms with Crippen LogP contribution in [0, 0.1) is 0 Å². The van der Waals surface area contributed by atoms with Crippen LogP contribution in [-0.4, -0.2) is 50.6 Å². The quantitative estimate of drug-likeness (QED) is 0.346. The van der Waals surface area contributed by atoms with E-state index in [1.165, 1.54) is 25.1 Å². The van der Waals surface area contributed by atoms with E-state index >= 15 is 0 Å². The van der Waals surface area contributed by atoms with Crippen molar-refractivity contribution in [3.8, 4) is 11.5 Å². The van der Waals surface area contributed by atoms with Crippen LogP contribution in [0.1, 0.15) is 50.0 Å². The number of carboxylic acids is 1. The lowest BCUT2D eigenvalue weighted by atomic mass is 9.85. The Bertz CT molecular complexity index is 999. The number of ether oxygens (including phenoxy) is 2. The normalized spacial score (nSPS) is 13.9. The summed E-state index contributed by atoms with van der Waals surface area (Å²) in [7, 11) is 0. The van der Waals surface area contributed by atoms with Crippen molar-refractivity contribution in [3.63, 3.8) is 0 Å². The number of nitrogens with one attached hydrogen (secondary N) is 1. The molecule has 2 atom stereocenters. The van der Waals surface area contributed by atoms with Crippen molar-refractivity contribution in [2.75, 3.05) is 0 Å². The third-order valence-corrected chi connectivity index (χ3v) is 4.65. The molecule has 0 saturated heterocycles. The van der Waals surface area contributed by atoms with Gasteiger partial charge in [0.2, 0.25) is 0 Å². The molecule has 0 fully saturated rings. The van der Waals surface area contributed by atoms with E-state index < -0.39 is 41.0 Å². The fourth-order valence-electron chi connectivity index (χ4n) is 3.27. The first-order valence-electron chi connectivity index (χ1n) is 10.3. The van der Waals surface area contributed by atoms with E-state index in [0.717, 1.165) is 0 Å². The van der Waals surface area contributed by atoms with Crippen LogP contribution in [0.4, 0.5) is 4.79 Å². The number of carbonyl (C=O) groups is 3. The number of phenols is 2. The summed E-state index contributed by atoms with van der Waals surface area (Å²) in [5.41, 5.74) is -2.20. The van der Waals surface area contributed by atoms with Crippen LogP contribution < -0.4 is 5.32 Å². The number of aliphatic carboxylic acids is 1. The second-order valence-electron chi connectivity index (χ2n) is 8.80. The van der Waals surface area contributed by atoms with Gasteiger partial charge >= 0.3 is 18.0 Å². The van der Waals surface area contributed by atoms with E-state index in [2.05, 4.69) is 5.32 Å². The molecule has 0 radical (unpaired) electrons. The number of phenolic OH excluding ortho intramolecular Hbond substituents is 2. The van der Waals surface area contributed by atoms with Crippen molar-refractivity contribution in [3.05, 3.63) is 59.7 Å². The average molecular weight is 459 g/mol. The predicted octanol–water partition coefficient (Wildman–Crippen LogP) is 3.62. The number of esters is 1. The molecule has 0 aromatic heterocycles. The number of carboxylic acid groups (broad SMARTS) is 1. The number of hydrogen-bond donors (Lipinski definition) is 4. The first-order valence-corrected chi connectivity index (χ1v) is 10.3. The summed E-state index contributed by atoms with van der Waals surface area (Å²) >= 11 is 0. The average Bonchev–Trinajstić information content (AvgIpc) is 2.69. The third kappa shape index (κ3) is 7.41. The van der Waals surface area contributed by atoms with Gasteiger partial charge in [-0.05, 0) is 57.5 Å². The van der Waals surface area contributed by atoms with Gasteiger partial charge in [0.05, 0.1) is 5.56 Å². The number of alkyl carbamates (subject to hydrolysis) is 1. The molecule has 2 aromatic rings. The number of benzene rings is 2. The van der Waals surface area contributed by atoms with Crippen LogP contribution in [-0.2, 0) is 20.7 Å². The standard InChI is InChI=1S/C24H29NO8/c1-15(32-20(28)17-8-6-5-7-9-17)13-24(21(29)30,25-22(31)33-23(2,3)4)14-16-10-11-18(26)19(27)12-16/h5-12,15,26-27H,13-14H2,1-4H3,(H,25,31)(H,29,30)/t15-,24?/m0/s1. The van der Waals surface area contributed by atoms with E-state index in [1.807, 2.05) is 0 Å². The van der Waals surface area contributed by atoms with Gasteiger partial charge in [0.1, 0.15) is 17.2 Å². The van der Waals surface area contributed by atoms with Crippen molar-refractivity contribution in [1.29, 1.82) is 0 Å². The second kappa shape index (κ2) is 10.2. The second-order valence-corrected chi connectivity index (χ2v) is 8.80. The van der Waals surface area contributed by atoms with Gasteiger partial charge in [0.15, 0.2) is 11.5 Å². The van der Waals surface area contributed by atoms with Gasteiger partial charge in [-0.2, -0.15) is 0 Å². The number of aromatic hydroxyl groups is 2. The molecular weight excluding hydrogens is 430 g/mol. The molecule has 1 unspecified atom stereocenters. The number of rotatable bonds is 8. The fourth-order valence-corrected chi connectivity index (χ4v) is 3.27. The first kappa shape index (κ1) is 25.5. The van der Waals surface area contributed by atoms with Crippen molar-refractivity contribution in [1.82, 2.24) is 5.32 Å². The molecule has 0 aliphatic heterocycles. The summed E-state index contributed by atoms with van der Waals surface area (Å²) in [6.45, 7) is 6.43. The lowest BCUT2D eigenvalue weighted by molar-refractivity contribution is -0.146. The summed E-state index contributed by atoms with van der Waals surface area (Å²) in [4.78, 5) is 37.4. The molecule has 0 bridgehead atoms. The van der Waals surface area contributed by atoms with Gasteiger partial charge in [0.25, 0.3) is 0 Å². The molecule has 4 N–H and O–H groups in total. The Kier molecular flexibility index (Phi) is 7.92. The molecule has 1 amide bonds. The maximum atomic E-state index is 12.5. The van der Waals surface area contributed by atoms with Crippen molar-refractivity contribution < 1.29 is 39.2 Å². The van der Waals surface area contributed by atoms with Crippen LogP contribution in [0.25, 0.3) is 0 Å². The first-order chi connectivity index (χ1) is 15.3. The lowest BCUT2D eigenvalue weighted by Gasteiger charge is -2.33. The van der Waals surface area contributed by atoms with Gasteiger partial charge < -0.3 is 30.1 Å². The van der Waals surface area contributed by atoms with Gasteiger partial charge in [-0.15, -0.1) is 0 Å². The van der Waals surface area contributed by atoms with Crippen LogP contribution in [0.5, 0.6) is 11.5 Å². The molecule has 0 aliphatic carbocycles. The van der Waals surface area contributed by atoms with Crippen LogP contribution in [0.3, 0.4) is 0 Å². The van der Waals surface area contributed by atoms with E-state index in [-0.39, 0.29) is 18.6 Å². The smallest absolute Gasteiger partial charge is 0.408 e. The summed E-state index contributed by atoms with van der Waals surface area (Å²) < 4.78 is 10.7. The van der Waals surface area contributed by atoms with Gasteiger partial charge in [-0.25, -0.2) is 14.4 Å². The maximum absolute atomic E-state index is 12.5. The minimum atomic E-state index is -1.94. The highest BCUT2D eigenvalue weighted by molar-refractivity contribution is 5.89. The molecule has 0 spiro atoms. The summed E-state index contributed by atoms with van der Waals surface area (Å²) in [5.74, 6) is -2.83. The van der Waals surface area contributed by atoms with Crippen molar-refractivity contribution in [2.24, 2.45) is 0 Å². The number of carbonyl (C=O) groups excluding carboxylic acids is 2. The number of hydrogen-bond acceptors (Lipinski definition) is 7. The van der Waals surface area contributed by atoms with E-state index in [1.54, 1.807) is 51.1 Å². The third-order valence-electron chi connectivity index (χ3n) is 4.65. The van der Waals surface area contributed by atoms with Crippen LogP contribution in [0.2, 0.25) is 0 Å². The monoisotopic (exact) mass is 459 g/mol. The van der Waals surface area contributed by atoms with Gasteiger partial charge in [0, 0.05) is 12.8 Å². The summed E-state index contributed by atoms with van der Waals surface area (Å²) in [6.07, 6.45) is -2.44. The van der Waals surface area contributed by atoms with Crippen molar-refractivity contribution in [2.45, 2.75) is 57.8 Å². The highest BCUT2D eigenvalue weighted by atomic mass is 16.6. The maximum Gasteiger partial charge on any atom is 0.408 e. The van der Waals surface area contributed by atoms with Gasteiger partial charge in [-0.3, -0.25) is 0 Å². The lowest BCUT2D eigenvalue weighted by Crippen LogP contribution is -2.58. The highest BCUT2D eigenvalue weighted by Gasteiger charge is 2.43. The molecule has 2 rings (SSSR count). The number of amides is 1. The molecule has 9 heteroatoms. The zero-order valence-corrected chi connectivity index (χ0v) is 19.0. The Hall–Kier alpha value is -3.75. The fraction of sp³-hybridized carbons (Fsp3) is 0.375. The van der Waals surface area contributed by atoms with Crippen LogP contribution >= 0.6 is 0 Å². The topological polar surface area (TPSA) is 142 Å². The Morgan fingerprint density at radius 1 is 1.00 bits per heavy atom. The Morgan fingerprint density at radius 2 is 1.64 bits per heavy atom. The molecule has 2 aromatic carbocycles. The molecular formula is C24H29NO8. The molecule has 0 saturated carbocycles. The Balaban J connectivity index is 2.33. The Morgan fingerprint density at radius 3 is 2.18 bits per heavy atom. The van der Waals surface area contributed by atoms with Crippen LogP contribution in [0.15, 0.2) is 48.5 Å². The van der Waals surface area contributed by atoms with E-state index in [4.69, 9.17) is 9.47 Å². The van der Waals surface area contributed by atoms with E-state index in [0.29, 0.717) is 11.1 Å². The summed E-state index contributed by atoms with van der Waals surface area (Å²) in [5, 5.41) is 31.9. The largest absolute Gasteiger partial charge is 0.504 e. The molecule has 9 nitrogen and oxygen atoms in total. The minimum absolute atomic E-state index is 0.275. The zero-order chi connectivity index (χ0) is 24.8. The van der Waals surface area contributed by atoms with Gasteiger partial charge in [-0.1, -0.05) is 24.3 Å². The molecule has 33 heavy (non-hydrogen) atoms. The summed E-state index contributed by atoms with van der Waals surface area (Å²) in [6, 6.07) is 12.1. The van der Waals surface area contributed by atoms with Crippen molar-refractivity contribution >= 4 is 18.0 Å². The zero-order valence-electron chi connectivity index (χ0n) is 19.0. The van der Waals surface area contributed by atoms with E-state index in [9.17, 15) is 29.7 Å². The SMILES string of the molecule is C[C@@H](CC(Cc1ccc(O)c(O)c1)(NC(=O)OC(C)(C)C)C(=O)O)OC(=O)c1ccccc1. The molecule has 178 valence electrons. The predicted molar refractivity (Wildman–Crippen MR) is 119 cm³/mol. The highest BCUT2D eigenvalue weighted by Crippen LogP contribution is 2.29. The molecule has 0 heterocycles. The Labute approximate surface area is 192 Å². The molecule has 0 aliphatic rings. The minimum Gasteiger partial charge on any atom is -0.504 e.